The number of hydrogen-bond acceptors (Lipinski definition) is 5. The predicted octanol–water partition coefficient (Wildman–Crippen LogP) is 3.12. The molecule has 0 spiro atoms. The minimum absolute atomic E-state index is 0.0750. The molecule has 2 aromatic carbocycles. The van der Waals surface area contributed by atoms with Gasteiger partial charge < -0.3 is 15.4 Å². The summed E-state index contributed by atoms with van der Waals surface area (Å²) in [6.07, 6.45) is 0.324. The summed E-state index contributed by atoms with van der Waals surface area (Å²) in [5.41, 5.74) is 3.52. The molecule has 2 amide bonds. The van der Waals surface area contributed by atoms with Gasteiger partial charge in [0.1, 0.15) is 11.8 Å². The summed E-state index contributed by atoms with van der Waals surface area (Å²) in [5.74, 6) is -0.320. The monoisotopic (exact) mass is 457 g/mol. The van der Waals surface area contributed by atoms with Gasteiger partial charge in [0.15, 0.2) is 6.10 Å². The van der Waals surface area contributed by atoms with Crippen molar-refractivity contribution in [3.63, 3.8) is 0 Å². The minimum atomic E-state index is -3.96. The molecule has 1 saturated heterocycles. The van der Waals surface area contributed by atoms with Crippen molar-refractivity contribution in [1.29, 1.82) is 0 Å². The molecule has 2 aliphatic rings. The average Bonchev–Trinajstić information content (AvgIpc) is 3.22. The number of benzene rings is 2. The summed E-state index contributed by atoms with van der Waals surface area (Å²) in [5, 5.41) is 5.63. The predicted molar refractivity (Wildman–Crippen MR) is 121 cm³/mol. The maximum Gasteiger partial charge on any atom is 0.265 e. The molecule has 0 radical (unpaired) electrons. The van der Waals surface area contributed by atoms with Crippen molar-refractivity contribution in [2.75, 3.05) is 17.2 Å². The Hall–Kier alpha value is -2.91. The van der Waals surface area contributed by atoms with Crippen LogP contribution in [0.4, 0.5) is 11.4 Å². The Morgan fingerprint density at radius 2 is 1.91 bits per heavy atom. The number of fused-ring (bicyclic) bond motifs is 1. The van der Waals surface area contributed by atoms with Gasteiger partial charge in [-0.2, -0.15) is 4.31 Å². The zero-order valence-corrected chi connectivity index (χ0v) is 19.4. The van der Waals surface area contributed by atoms with Crippen LogP contribution in [0.3, 0.4) is 0 Å². The van der Waals surface area contributed by atoms with Crippen LogP contribution in [-0.4, -0.2) is 43.2 Å². The summed E-state index contributed by atoms with van der Waals surface area (Å²) in [4.78, 5) is 25.0. The van der Waals surface area contributed by atoms with E-state index in [1.807, 2.05) is 32.0 Å². The number of rotatable bonds is 4. The number of nitrogens with one attached hydrogen (secondary N) is 2. The second-order valence-corrected chi connectivity index (χ2v) is 10.3. The minimum Gasteiger partial charge on any atom is -0.479 e. The van der Waals surface area contributed by atoms with Crippen molar-refractivity contribution in [2.24, 2.45) is 0 Å². The molecule has 2 heterocycles. The highest BCUT2D eigenvalue weighted by Gasteiger charge is 2.41. The molecule has 9 heteroatoms. The van der Waals surface area contributed by atoms with Gasteiger partial charge in [-0.05, 0) is 69.4 Å². The lowest BCUT2D eigenvalue weighted by Gasteiger charge is -2.27. The van der Waals surface area contributed by atoms with E-state index in [0.29, 0.717) is 35.5 Å². The maximum atomic E-state index is 13.6. The molecule has 170 valence electrons. The fourth-order valence-electron chi connectivity index (χ4n) is 4.12. The summed E-state index contributed by atoms with van der Waals surface area (Å²) in [6.45, 7) is 7.36. The second-order valence-electron chi connectivity index (χ2n) is 8.44. The smallest absolute Gasteiger partial charge is 0.265 e. The Labute approximate surface area is 188 Å². The van der Waals surface area contributed by atoms with Gasteiger partial charge >= 0.3 is 0 Å². The molecule has 8 nitrogen and oxygen atoms in total. The zero-order valence-electron chi connectivity index (χ0n) is 18.6. The number of ether oxygens (including phenoxy) is 1. The third kappa shape index (κ3) is 3.98. The Morgan fingerprint density at radius 1 is 1.16 bits per heavy atom. The first-order valence-electron chi connectivity index (χ1n) is 10.6. The van der Waals surface area contributed by atoms with Crippen LogP contribution in [0.5, 0.6) is 5.75 Å². The Bertz CT molecular complexity index is 1210. The number of carbonyl (C=O) groups excluding carboxylic acids is 2. The summed E-state index contributed by atoms with van der Waals surface area (Å²) in [7, 11) is -3.96. The number of nitrogens with zero attached hydrogens (tertiary/aromatic N) is 1. The highest BCUT2D eigenvalue weighted by molar-refractivity contribution is 7.89. The molecular weight excluding hydrogens is 430 g/mol. The summed E-state index contributed by atoms with van der Waals surface area (Å²) in [6, 6.07) is 7.99. The van der Waals surface area contributed by atoms with E-state index in [1.165, 1.54) is 10.4 Å². The molecular formula is C23H27N3O5S. The fourth-order valence-corrected chi connectivity index (χ4v) is 6.00. The van der Waals surface area contributed by atoms with Crippen LogP contribution in [0.2, 0.25) is 0 Å². The molecule has 0 aromatic heterocycles. The first-order chi connectivity index (χ1) is 15.1. The molecule has 0 unspecified atom stereocenters. The Balaban J connectivity index is 1.63. The normalized spacial score (nSPS) is 20.9. The lowest BCUT2D eigenvalue weighted by atomic mass is 10.1. The summed E-state index contributed by atoms with van der Waals surface area (Å²) < 4.78 is 34.0. The van der Waals surface area contributed by atoms with Gasteiger partial charge in [0.25, 0.3) is 5.91 Å². The average molecular weight is 458 g/mol. The van der Waals surface area contributed by atoms with Gasteiger partial charge in [0.05, 0.1) is 10.6 Å². The fraction of sp³-hybridized carbons (Fsp3) is 0.391. The van der Waals surface area contributed by atoms with E-state index in [9.17, 15) is 18.0 Å². The number of aryl methyl sites for hydroxylation is 3. The highest BCUT2D eigenvalue weighted by Crippen LogP contribution is 2.37. The van der Waals surface area contributed by atoms with E-state index >= 15 is 0 Å². The van der Waals surface area contributed by atoms with Gasteiger partial charge in [0.2, 0.25) is 15.9 Å². The maximum absolute atomic E-state index is 13.6. The van der Waals surface area contributed by atoms with E-state index in [-0.39, 0.29) is 23.3 Å². The van der Waals surface area contributed by atoms with Crippen LogP contribution in [0, 0.1) is 20.8 Å². The van der Waals surface area contributed by atoms with Crippen molar-refractivity contribution >= 4 is 33.2 Å². The first kappa shape index (κ1) is 22.3. The molecule has 2 aromatic rings. The number of carbonyl (C=O) groups is 2. The van der Waals surface area contributed by atoms with Gasteiger partial charge in [-0.15, -0.1) is 0 Å². The lowest BCUT2D eigenvalue weighted by Crippen LogP contribution is -2.43. The van der Waals surface area contributed by atoms with E-state index in [0.717, 1.165) is 11.1 Å². The van der Waals surface area contributed by atoms with Gasteiger partial charge in [-0.3, -0.25) is 9.59 Å². The van der Waals surface area contributed by atoms with Gasteiger partial charge in [-0.1, -0.05) is 12.1 Å². The third-order valence-corrected chi connectivity index (χ3v) is 8.00. The molecule has 2 N–H and O–H groups in total. The number of sulfonamides is 1. The molecule has 32 heavy (non-hydrogen) atoms. The Morgan fingerprint density at radius 3 is 2.66 bits per heavy atom. The quantitative estimate of drug-likeness (QED) is 0.734. The second kappa shape index (κ2) is 8.22. The molecule has 0 bridgehead atoms. The van der Waals surface area contributed by atoms with Crippen LogP contribution < -0.4 is 15.4 Å². The largest absolute Gasteiger partial charge is 0.479 e. The van der Waals surface area contributed by atoms with E-state index in [4.69, 9.17) is 4.74 Å². The highest BCUT2D eigenvalue weighted by atomic mass is 32.2. The van der Waals surface area contributed by atoms with Crippen LogP contribution in [-0.2, 0) is 19.6 Å². The molecule has 0 aliphatic carbocycles. The third-order valence-electron chi connectivity index (χ3n) is 5.95. The van der Waals surface area contributed by atoms with Gasteiger partial charge in [0, 0.05) is 18.3 Å². The van der Waals surface area contributed by atoms with Crippen LogP contribution in [0.1, 0.15) is 36.5 Å². The topological polar surface area (TPSA) is 105 Å². The van der Waals surface area contributed by atoms with Crippen molar-refractivity contribution in [3.8, 4) is 5.75 Å². The molecule has 4 rings (SSSR count). The summed E-state index contributed by atoms with van der Waals surface area (Å²) >= 11 is 0. The number of hydrogen-bond donors (Lipinski definition) is 2. The van der Waals surface area contributed by atoms with E-state index in [1.54, 1.807) is 19.9 Å². The zero-order chi connectivity index (χ0) is 23.2. The van der Waals surface area contributed by atoms with Crippen molar-refractivity contribution in [3.05, 3.63) is 47.0 Å². The first-order valence-corrected chi connectivity index (χ1v) is 12.0. The SMILES string of the molecule is Cc1ccc(C)c(NC(=O)[C@H]2CCCN2S(=O)(=O)c2cc3c(cc2C)NC(=O)[C@H](C)O3)c1. The van der Waals surface area contributed by atoms with Crippen molar-refractivity contribution < 1.29 is 22.7 Å². The number of amides is 2. The van der Waals surface area contributed by atoms with Crippen LogP contribution >= 0.6 is 0 Å². The van der Waals surface area contributed by atoms with E-state index in [2.05, 4.69) is 10.6 Å². The Kier molecular flexibility index (Phi) is 5.72. The van der Waals surface area contributed by atoms with Crippen molar-refractivity contribution in [1.82, 2.24) is 4.31 Å². The van der Waals surface area contributed by atoms with Crippen molar-refractivity contribution in [2.45, 2.75) is 57.6 Å². The van der Waals surface area contributed by atoms with Crippen LogP contribution in [0.25, 0.3) is 0 Å². The lowest BCUT2D eigenvalue weighted by molar-refractivity contribution is -0.122. The molecule has 2 aliphatic heterocycles. The number of anilines is 2. The standard InChI is InChI=1S/C23H27N3O5S/c1-13-7-8-14(2)17(10-13)24-23(28)19-6-5-9-26(19)32(29,30)21-12-20-18(11-15(21)3)25-22(27)16(4)31-20/h7-8,10-12,16,19H,5-6,9H2,1-4H3,(H,24,28)(H,25,27)/t16-,19+/m0/s1. The molecule has 1 fully saturated rings. The molecule has 2 atom stereocenters. The van der Waals surface area contributed by atoms with E-state index < -0.39 is 22.2 Å². The van der Waals surface area contributed by atoms with Crippen LogP contribution in [0.15, 0.2) is 35.2 Å². The van der Waals surface area contributed by atoms with Gasteiger partial charge in [-0.25, -0.2) is 8.42 Å². The molecule has 0 saturated carbocycles.